The Balaban J connectivity index is 1.60. The Morgan fingerprint density at radius 3 is 2.70 bits per heavy atom. The van der Waals surface area contributed by atoms with Crippen LogP contribution in [0.15, 0.2) is 24.3 Å². The molecule has 1 saturated carbocycles. The van der Waals surface area contributed by atoms with Crippen molar-refractivity contribution in [1.29, 1.82) is 0 Å². The van der Waals surface area contributed by atoms with Gasteiger partial charge in [0, 0.05) is 35.9 Å². The molecular weight excluding hydrogens is 250 g/mol. The number of hydrogen-bond donors (Lipinski definition) is 2. The predicted molar refractivity (Wildman–Crippen MR) is 81.9 cm³/mol. The number of likely N-dealkylation sites (tertiary alicyclic amines) is 1. The van der Waals surface area contributed by atoms with Crippen molar-refractivity contribution in [3.05, 3.63) is 24.3 Å². The van der Waals surface area contributed by atoms with Crippen LogP contribution in [-0.4, -0.2) is 36.5 Å². The molecule has 20 heavy (non-hydrogen) atoms. The van der Waals surface area contributed by atoms with Gasteiger partial charge in [-0.1, -0.05) is 6.07 Å². The molecule has 1 aliphatic heterocycles. The molecule has 2 unspecified atom stereocenters. The van der Waals surface area contributed by atoms with Crippen molar-refractivity contribution in [1.82, 2.24) is 4.90 Å². The molecule has 4 nitrogen and oxygen atoms in total. The first-order valence-electron chi connectivity index (χ1n) is 7.49. The summed E-state index contributed by atoms with van der Waals surface area (Å²) in [6.07, 6.45) is 3.24. The summed E-state index contributed by atoms with van der Waals surface area (Å²) in [4.78, 5) is 14.1. The minimum Gasteiger partial charge on any atom is -0.381 e. The van der Waals surface area contributed by atoms with E-state index in [1.54, 1.807) is 0 Å². The van der Waals surface area contributed by atoms with Gasteiger partial charge in [-0.3, -0.25) is 4.79 Å². The summed E-state index contributed by atoms with van der Waals surface area (Å²) in [5, 5.41) is 6.56. The van der Waals surface area contributed by atoms with Crippen molar-refractivity contribution in [2.24, 2.45) is 5.92 Å². The minimum absolute atomic E-state index is 0.163. The average molecular weight is 273 g/mol. The molecule has 1 aliphatic carbocycles. The van der Waals surface area contributed by atoms with E-state index >= 15 is 0 Å². The third kappa shape index (κ3) is 3.12. The lowest BCUT2D eigenvalue weighted by molar-refractivity contribution is -0.117. The van der Waals surface area contributed by atoms with E-state index < -0.39 is 0 Å². The van der Waals surface area contributed by atoms with Crippen LogP contribution in [0.4, 0.5) is 11.4 Å². The highest BCUT2D eigenvalue weighted by Gasteiger charge is 2.29. The van der Waals surface area contributed by atoms with Crippen molar-refractivity contribution < 1.29 is 4.79 Å². The van der Waals surface area contributed by atoms with Crippen LogP contribution >= 0.6 is 0 Å². The molecule has 2 fully saturated rings. The zero-order valence-corrected chi connectivity index (χ0v) is 12.2. The third-order valence-electron chi connectivity index (χ3n) is 4.34. The fraction of sp³-hybridized carbons (Fsp3) is 0.562. The second kappa shape index (κ2) is 5.44. The van der Waals surface area contributed by atoms with Crippen molar-refractivity contribution >= 4 is 17.3 Å². The van der Waals surface area contributed by atoms with Crippen LogP contribution in [0.1, 0.15) is 26.2 Å². The fourth-order valence-corrected chi connectivity index (χ4v) is 2.81. The van der Waals surface area contributed by atoms with Crippen LogP contribution in [0, 0.1) is 5.92 Å². The molecule has 1 heterocycles. The van der Waals surface area contributed by atoms with E-state index in [-0.39, 0.29) is 11.8 Å². The Labute approximate surface area is 120 Å². The van der Waals surface area contributed by atoms with Crippen LogP contribution in [0.3, 0.4) is 0 Å². The Morgan fingerprint density at radius 2 is 2.05 bits per heavy atom. The van der Waals surface area contributed by atoms with E-state index in [1.807, 2.05) is 18.2 Å². The van der Waals surface area contributed by atoms with E-state index in [1.165, 1.54) is 0 Å². The summed E-state index contributed by atoms with van der Waals surface area (Å²) in [6, 6.07) is 9.16. The van der Waals surface area contributed by atoms with Crippen molar-refractivity contribution in [3.63, 3.8) is 0 Å². The van der Waals surface area contributed by atoms with Gasteiger partial charge in [0.25, 0.3) is 0 Å². The van der Waals surface area contributed by atoms with Crippen LogP contribution in [0.2, 0.25) is 0 Å². The normalized spacial score (nSPS) is 26.5. The molecule has 3 rings (SSSR count). The number of carbonyl (C=O) groups is 1. The number of rotatable bonds is 4. The minimum atomic E-state index is 0.163. The largest absolute Gasteiger partial charge is 0.381 e. The predicted octanol–water partition coefficient (Wildman–Crippen LogP) is 2.54. The second-order valence-corrected chi connectivity index (χ2v) is 6.21. The number of amides is 1. The molecule has 1 aromatic carbocycles. The van der Waals surface area contributed by atoms with E-state index in [4.69, 9.17) is 0 Å². The molecule has 1 amide bonds. The first kappa shape index (κ1) is 13.4. The van der Waals surface area contributed by atoms with E-state index in [0.29, 0.717) is 12.1 Å². The molecule has 4 heteroatoms. The Hall–Kier alpha value is -1.55. The van der Waals surface area contributed by atoms with Gasteiger partial charge in [-0.05, 0) is 51.4 Å². The van der Waals surface area contributed by atoms with Gasteiger partial charge >= 0.3 is 0 Å². The molecule has 2 aliphatic rings. The van der Waals surface area contributed by atoms with Gasteiger partial charge in [-0.2, -0.15) is 0 Å². The lowest BCUT2D eigenvalue weighted by Crippen LogP contribution is -2.24. The second-order valence-electron chi connectivity index (χ2n) is 6.21. The Kier molecular flexibility index (Phi) is 3.66. The molecule has 1 aromatic rings. The van der Waals surface area contributed by atoms with Gasteiger partial charge in [-0.15, -0.1) is 0 Å². The van der Waals surface area contributed by atoms with Gasteiger partial charge in [0.05, 0.1) is 0 Å². The molecule has 0 spiro atoms. The molecule has 1 saturated heterocycles. The number of nitrogens with one attached hydrogen (secondary N) is 2. The monoisotopic (exact) mass is 273 g/mol. The first-order chi connectivity index (χ1) is 9.61. The standard InChI is InChI=1S/C16H23N3O/c1-11-8-15(10-19(11)2)17-13-4-3-5-14(9-13)18-16(20)12-6-7-12/h3-5,9,11-12,15,17H,6-8,10H2,1-2H3,(H,18,20). The maximum atomic E-state index is 11.8. The van der Waals surface area contributed by atoms with Crippen LogP contribution in [-0.2, 0) is 4.79 Å². The highest BCUT2D eigenvalue weighted by molar-refractivity contribution is 5.94. The molecule has 2 N–H and O–H groups in total. The number of nitrogens with zero attached hydrogens (tertiary/aromatic N) is 1. The molecule has 2 atom stereocenters. The highest BCUT2D eigenvalue weighted by Crippen LogP contribution is 2.30. The van der Waals surface area contributed by atoms with Gasteiger partial charge in [0.15, 0.2) is 0 Å². The zero-order chi connectivity index (χ0) is 14.1. The van der Waals surface area contributed by atoms with Crippen LogP contribution in [0.5, 0.6) is 0 Å². The van der Waals surface area contributed by atoms with Crippen LogP contribution < -0.4 is 10.6 Å². The lowest BCUT2D eigenvalue weighted by Gasteiger charge is -2.15. The van der Waals surface area contributed by atoms with E-state index in [2.05, 4.69) is 35.6 Å². The number of carbonyl (C=O) groups excluding carboxylic acids is 1. The summed E-state index contributed by atoms with van der Waals surface area (Å²) in [5.41, 5.74) is 1.98. The van der Waals surface area contributed by atoms with E-state index in [9.17, 15) is 4.79 Å². The lowest BCUT2D eigenvalue weighted by atomic mass is 10.1. The summed E-state index contributed by atoms with van der Waals surface area (Å²) in [6.45, 7) is 3.33. The molecule has 0 bridgehead atoms. The average Bonchev–Trinajstić information content (AvgIpc) is 3.18. The highest BCUT2D eigenvalue weighted by atomic mass is 16.2. The number of likely N-dealkylation sites (N-methyl/N-ethyl adjacent to an activating group) is 1. The SMILES string of the molecule is CC1CC(Nc2cccc(NC(=O)C3CC3)c2)CN1C. The fourth-order valence-electron chi connectivity index (χ4n) is 2.81. The zero-order valence-electron chi connectivity index (χ0n) is 12.2. The van der Waals surface area contributed by atoms with Gasteiger partial charge < -0.3 is 15.5 Å². The maximum Gasteiger partial charge on any atom is 0.227 e. The van der Waals surface area contributed by atoms with Gasteiger partial charge in [0.1, 0.15) is 0 Å². The summed E-state index contributed by atoms with van der Waals surface area (Å²) >= 11 is 0. The molecular formula is C16H23N3O. The topological polar surface area (TPSA) is 44.4 Å². The Bertz CT molecular complexity index is 488. The molecule has 0 aromatic heterocycles. The summed E-state index contributed by atoms with van der Waals surface area (Å²) < 4.78 is 0. The summed E-state index contributed by atoms with van der Waals surface area (Å²) in [7, 11) is 2.17. The van der Waals surface area contributed by atoms with Gasteiger partial charge in [0.2, 0.25) is 5.91 Å². The smallest absolute Gasteiger partial charge is 0.227 e. The third-order valence-corrected chi connectivity index (χ3v) is 4.34. The molecule has 108 valence electrons. The van der Waals surface area contributed by atoms with Crippen molar-refractivity contribution in [2.75, 3.05) is 24.2 Å². The number of anilines is 2. The summed E-state index contributed by atoms with van der Waals surface area (Å²) in [5.74, 6) is 0.410. The van der Waals surface area contributed by atoms with Gasteiger partial charge in [-0.25, -0.2) is 0 Å². The number of benzene rings is 1. The Morgan fingerprint density at radius 1 is 1.30 bits per heavy atom. The van der Waals surface area contributed by atoms with E-state index in [0.717, 1.165) is 37.2 Å². The first-order valence-corrected chi connectivity index (χ1v) is 7.49. The number of hydrogen-bond acceptors (Lipinski definition) is 3. The van der Waals surface area contributed by atoms with Crippen molar-refractivity contribution in [3.8, 4) is 0 Å². The quantitative estimate of drug-likeness (QED) is 0.886. The van der Waals surface area contributed by atoms with Crippen LogP contribution in [0.25, 0.3) is 0 Å². The maximum absolute atomic E-state index is 11.8. The van der Waals surface area contributed by atoms with Crippen molar-refractivity contribution in [2.45, 2.75) is 38.3 Å². The molecule has 0 radical (unpaired) electrons.